The largest absolute Gasteiger partial charge is 0.475 e. The van der Waals surface area contributed by atoms with E-state index in [4.69, 9.17) is 11.2 Å². The van der Waals surface area contributed by atoms with Crippen LogP contribution < -0.4 is 10.1 Å². The molecule has 86 valence electrons. The Morgan fingerprint density at radius 2 is 2.25 bits per heavy atom. The summed E-state index contributed by atoms with van der Waals surface area (Å²) in [6.07, 6.45) is 5.92. The first kappa shape index (κ1) is 12.3. The van der Waals surface area contributed by atoms with Crippen molar-refractivity contribution in [3.63, 3.8) is 0 Å². The average molecular weight is 219 g/mol. The maximum Gasteiger partial charge on any atom is 0.226 e. The Morgan fingerprint density at radius 1 is 1.50 bits per heavy atom. The molecule has 0 aliphatic heterocycles. The molecule has 0 radical (unpaired) electrons. The molecule has 1 N–H and O–H groups in total. The quantitative estimate of drug-likeness (QED) is 0.608. The highest BCUT2D eigenvalue weighted by molar-refractivity contribution is 5.30. The third-order valence-electron chi connectivity index (χ3n) is 1.74. The van der Waals surface area contributed by atoms with Crippen molar-refractivity contribution >= 4 is 5.95 Å². The van der Waals surface area contributed by atoms with E-state index in [2.05, 4.69) is 21.2 Å². The van der Waals surface area contributed by atoms with Gasteiger partial charge in [-0.15, -0.1) is 12.3 Å². The molecule has 1 rings (SSSR count). The van der Waals surface area contributed by atoms with Crippen molar-refractivity contribution < 1.29 is 4.74 Å². The van der Waals surface area contributed by atoms with Gasteiger partial charge in [-0.3, -0.25) is 0 Å². The van der Waals surface area contributed by atoms with Gasteiger partial charge in [-0.1, -0.05) is 0 Å². The van der Waals surface area contributed by atoms with Crippen LogP contribution in [-0.4, -0.2) is 22.6 Å². The predicted molar refractivity (Wildman–Crippen MR) is 64.5 cm³/mol. The number of ether oxygens (including phenoxy) is 1. The van der Waals surface area contributed by atoms with Gasteiger partial charge in [-0.05, 0) is 20.8 Å². The van der Waals surface area contributed by atoms with Crippen molar-refractivity contribution in [2.24, 2.45) is 0 Å². The molecule has 0 bridgehead atoms. The van der Waals surface area contributed by atoms with Crippen LogP contribution in [0.4, 0.5) is 5.95 Å². The first-order valence-corrected chi connectivity index (χ1v) is 5.31. The molecule has 1 aromatic rings. The second-order valence-corrected chi connectivity index (χ2v) is 3.72. The molecule has 4 nitrogen and oxygen atoms in total. The third kappa shape index (κ3) is 4.18. The summed E-state index contributed by atoms with van der Waals surface area (Å²) < 4.78 is 5.51. The van der Waals surface area contributed by atoms with Crippen LogP contribution >= 0.6 is 0 Å². The number of hydrogen-bond acceptors (Lipinski definition) is 4. The normalized spacial score (nSPS) is 9.94. The molecule has 1 aromatic heterocycles. The maximum atomic E-state index is 5.51. The lowest BCUT2D eigenvalue weighted by molar-refractivity contribution is 0.232. The summed E-state index contributed by atoms with van der Waals surface area (Å²) in [5.41, 5.74) is 0.869. The van der Waals surface area contributed by atoms with Gasteiger partial charge in [0.2, 0.25) is 11.8 Å². The number of terminal acetylenes is 1. The summed E-state index contributed by atoms with van der Waals surface area (Å²) in [5.74, 6) is 3.70. The standard InChI is InChI=1S/C12H17N3O/c1-5-6-7-13-12-14-10(4)8-11(15-12)16-9(2)3/h1,8-9H,6-7H2,2-4H3,(H,13,14,15). The van der Waals surface area contributed by atoms with Crippen LogP contribution in [0.2, 0.25) is 0 Å². The van der Waals surface area contributed by atoms with Crippen molar-refractivity contribution in [1.82, 2.24) is 9.97 Å². The smallest absolute Gasteiger partial charge is 0.226 e. The fourth-order valence-electron chi connectivity index (χ4n) is 1.17. The number of nitrogens with one attached hydrogen (secondary N) is 1. The molecule has 0 aromatic carbocycles. The Bertz CT molecular complexity index is 382. The van der Waals surface area contributed by atoms with Gasteiger partial charge in [0.1, 0.15) is 0 Å². The van der Waals surface area contributed by atoms with E-state index in [0.29, 0.717) is 24.8 Å². The monoisotopic (exact) mass is 219 g/mol. The minimum absolute atomic E-state index is 0.104. The molecule has 0 saturated carbocycles. The molecule has 0 atom stereocenters. The molecular formula is C12H17N3O. The zero-order chi connectivity index (χ0) is 12.0. The summed E-state index contributed by atoms with van der Waals surface area (Å²) in [5, 5.41) is 3.06. The fourth-order valence-corrected chi connectivity index (χ4v) is 1.17. The number of rotatable bonds is 5. The van der Waals surface area contributed by atoms with Crippen molar-refractivity contribution in [3.05, 3.63) is 11.8 Å². The van der Waals surface area contributed by atoms with E-state index in [-0.39, 0.29) is 6.10 Å². The second-order valence-electron chi connectivity index (χ2n) is 3.72. The van der Waals surface area contributed by atoms with E-state index < -0.39 is 0 Å². The molecular weight excluding hydrogens is 202 g/mol. The molecule has 0 amide bonds. The Hall–Kier alpha value is -1.76. The molecule has 0 unspecified atom stereocenters. The zero-order valence-corrected chi connectivity index (χ0v) is 9.95. The third-order valence-corrected chi connectivity index (χ3v) is 1.74. The Balaban J connectivity index is 2.70. The van der Waals surface area contributed by atoms with E-state index in [9.17, 15) is 0 Å². The summed E-state index contributed by atoms with van der Waals surface area (Å²) in [7, 11) is 0. The first-order chi connectivity index (χ1) is 7.61. The number of aromatic nitrogens is 2. The fraction of sp³-hybridized carbons (Fsp3) is 0.500. The number of nitrogens with zero attached hydrogens (tertiary/aromatic N) is 2. The lowest BCUT2D eigenvalue weighted by atomic mass is 10.4. The van der Waals surface area contributed by atoms with Crippen LogP contribution in [0.25, 0.3) is 0 Å². The molecule has 0 fully saturated rings. The summed E-state index contributed by atoms with van der Waals surface area (Å²) in [6, 6.07) is 1.81. The van der Waals surface area contributed by atoms with Gasteiger partial charge in [0, 0.05) is 24.7 Å². The predicted octanol–water partition coefficient (Wildman–Crippen LogP) is 2.01. The number of aryl methyl sites for hydroxylation is 1. The Kier molecular flexibility index (Phi) is 4.59. The zero-order valence-electron chi connectivity index (χ0n) is 9.95. The van der Waals surface area contributed by atoms with E-state index >= 15 is 0 Å². The number of anilines is 1. The Labute approximate surface area is 96.5 Å². The van der Waals surface area contributed by atoms with E-state index in [1.54, 1.807) is 0 Å². The highest BCUT2D eigenvalue weighted by atomic mass is 16.5. The first-order valence-electron chi connectivity index (χ1n) is 5.31. The molecule has 16 heavy (non-hydrogen) atoms. The lowest BCUT2D eigenvalue weighted by Crippen LogP contribution is -2.10. The van der Waals surface area contributed by atoms with Crippen LogP contribution in [0.3, 0.4) is 0 Å². The molecule has 0 aliphatic carbocycles. The van der Waals surface area contributed by atoms with Gasteiger partial charge >= 0.3 is 0 Å². The highest BCUT2D eigenvalue weighted by Crippen LogP contribution is 2.13. The minimum atomic E-state index is 0.104. The van der Waals surface area contributed by atoms with Crippen molar-refractivity contribution in [2.75, 3.05) is 11.9 Å². The van der Waals surface area contributed by atoms with Crippen molar-refractivity contribution in [2.45, 2.75) is 33.3 Å². The van der Waals surface area contributed by atoms with Gasteiger partial charge < -0.3 is 10.1 Å². The highest BCUT2D eigenvalue weighted by Gasteiger charge is 2.04. The molecule has 0 saturated heterocycles. The van der Waals surface area contributed by atoms with Crippen LogP contribution in [0.15, 0.2) is 6.07 Å². The van der Waals surface area contributed by atoms with E-state index in [1.165, 1.54) is 0 Å². The molecule has 1 heterocycles. The second kappa shape index (κ2) is 5.96. The Morgan fingerprint density at radius 3 is 2.88 bits per heavy atom. The van der Waals surface area contributed by atoms with Crippen LogP contribution in [0, 0.1) is 19.3 Å². The molecule has 4 heteroatoms. The van der Waals surface area contributed by atoms with E-state index in [1.807, 2.05) is 26.8 Å². The van der Waals surface area contributed by atoms with Crippen LogP contribution in [-0.2, 0) is 0 Å². The van der Waals surface area contributed by atoms with Crippen molar-refractivity contribution in [1.29, 1.82) is 0 Å². The van der Waals surface area contributed by atoms with Gasteiger partial charge in [-0.25, -0.2) is 4.98 Å². The molecule has 0 spiro atoms. The van der Waals surface area contributed by atoms with Crippen molar-refractivity contribution in [3.8, 4) is 18.2 Å². The summed E-state index contributed by atoms with van der Waals surface area (Å²) in [4.78, 5) is 8.47. The van der Waals surface area contributed by atoms with Gasteiger partial charge in [0.05, 0.1) is 6.10 Å². The minimum Gasteiger partial charge on any atom is -0.475 e. The topological polar surface area (TPSA) is 47.0 Å². The molecule has 0 aliphatic rings. The number of hydrogen-bond donors (Lipinski definition) is 1. The van der Waals surface area contributed by atoms with Gasteiger partial charge in [-0.2, -0.15) is 4.98 Å². The average Bonchev–Trinajstić information content (AvgIpc) is 2.16. The van der Waals surface area contributed by atoms with Crippen LogP contribution in [0.5, 0.6) is 5.88 Å². The maximum absolute atomic E-state index is 5.51. The van der Waals surface area contributed by atoms with Gasteiger partial charge in [0.15, 0.2) is 0 Å². The lowest BCUT2D eigenvalue weighted by Gasteiger charge is -2.10. The van der Waals surface area contributed by atoms with Gasteiger partial charge in [0.25, 0.3) is 0 Å². The summed E-state index contributed by atoms with van der Waals surface area (Å²) >= 11 is 0. The van der Waals surface area contributed by atoms with Crippen LogP contribution in [0.1, 0.15) is 26.0 Å². The summed E-state index contributed by atoms with van der Waals surface area (Å²) in [6.45, 7) is 6.49. The van der Waals surface area contributed by atoms with E-state index in [0.717, 1.165) is 5.69 Å². The SMILES string of the molecule is C#CCCNc1nc(C)cc(OC(C)C)n1.